The van der Waals surface area contributed by atoms with Crippen LogP contribution >= 0.6 is 0 Å². The average Bonchev–Trinajstić information content (AvgIpc) is 2.61. The summed E-state index contributed by atoms with van der Waals surface area (Å²) in [5.41, 5.74) is 0.672. The van der Waals surface area contributed by atoms with Crippen LogP contribution in [0.1, 0.15) is 31.2 Å². The van der Waals surface area contributed by atoms with Gasteiger partial charge in [0, 0.05) is 12.1 Å². The van der Waals surface area contributed by atoms with Crippen LogP contribution < -0.4 is 0 Å². The Morgan fingerprint density at radius 1 is 1.35 bits per heavy atom. The summed E-state index contributed by atoms with van der Waals surface area (Å²) in [7, 11) is 2.16. The molecule has 4 heteroatoms. The Kier molecular flexibility index (Phi) is 3.74. The molecule has 0 N–H and O–H groups in total. The summed E-state index contributed by atoms with van der Waals surface area (Å²) in [4.78, 5) is 14.4. The molecule has 3 rings (SSSR count). The smallest absolute Gasteiger partial charge is 0.310 e. The molecule has 2 fully saturated rings. The van der Waals surface area contributed by atoms with E-state index in [0.717, 1.165) is 12.8 Å². The molecule has 3 nitrogen and oxygen atoms in total. The van der Waals surface area contributed by atoms with Crippen LogP contribution in [-0.2, 0) is 16.0 Å². The first kappa shape index (κ1) is 13.6. The van der Waals surface area contributed by atoms with Crippen molar-refractivity contribution in [1.29, 1.82) is 0 Å². The Bertz CT molecular complexity index is 491. The van der Waals surface area contributed by atoms with E-state index in [1.807, 2.05) is 0 Å². The van der Waals surface area contributed by atoms with Crippen LogP contribution in [-0.4, -0.2) is 36.1 Å². The molecular formula is C16H20FNO2. The number of hydrogen-bond donors (Lipinski definition) is 0. The lowest BCUT2D eigenvalue weighted by Gasteiger charge is -2.35. The fourth-order valence-corrected chi connectivity index (χ4v) is 3.50. The summed E-state index contributed by atoms with van der Waals surface area (Å²) in [6, 6.07) is 7.25. The minimum absolute atomic E-state index is 0.0322. The van der Waals surface area contributed by atoms with Crippen LogP contribution in [0.2, 0.25) is 0 Å². The first-order chi connectivity index (χ1) is 9.61. The molecule has 0 radical (unpaired) electrons. The molecule has 1 aromatic carbocycles. The van der Waals surface area contributed by atoms with Gasteiger partial charge in [0.25, 0.3) is 0 Å². The van der Waals surface area contributed by atoms with Gasteiger partial charge >= 0.3 is 5.97 Å². The molecule has 0 aliphatic carbocycles. The zero-order valence-electron chi connectivity index (χ0n) is 11.7. The van der Waals surface area contributed by atoms with Crippen molar-refractivity contribution in [3.8, 4) is 0 Å². The van der Waals surface area contributed by atoms with Gasteiger partial charge in [-0.05, 0) is 50.4 Å². The summed E-state index contributed by atoms with van der Waals surface area (Å²) in [6.45, 7) is 0. The van der Waals surface area contributed by atoms with Gasteiger partial charge < -0.3 is 9.64 Å². The molecule has 2 aliphatic rings. The van der Waals surface area contributed by atoms with E-state index in [0.29, 0.717) is 17.6 Å². The lowest BCUT2D eigenvalue weighted by molar-refractivity contribution is -0.151. The maximum Gasteiger partial charge on any atom is 0.310 e. The maximum absolute atomic E-state index is 13.1. The van der Waals surface area contributed by atoms with Gasteiger partial charge in [-0.25, -0.2) is 4.39 Å². The highest BCUT2D eigenvalue weighted by molar-refractivity contribution is 5.72. The van der Waals surface area contributed by atoms with Crippen molar-refractivity contribution in [1.82, 2.24) is 4.90 Å². The van der Waals surface area contributed by atoms with Crippen LogP contribution in [0.3, 0.4) is 0 Å². The number of nitrogens with zero attached hydrogens (tertiary/aromatic N) is 1. The molecule has 0 amide bonds. The number of ether oxygens (including phenoxy) is 1. The number of fused-ring (bicyclic) bond motifs is 2. The van der Waals surface area contributed by atoms with Crippen molar-refractivity contribution in [2.24, 2.45) is 0 Å². The van der Waals surface area contributed by atoms with Crippen LogP contribution in [0.4, 0.5) is 4.39 Å². The SMILES string of the molecule is CN1[C@@H]2CC[C@H]1CC(OC(=O)Cc1cccc(F)c1)C2. The molecule has 108 valence electrons. The Balaban J connectivity index is 1.55. The lowest BCUT2D eigenvalue weighted by Crippen LogP contribution is -2.43. The lowest BCUT2D eigenvalue weighted by atomic mass is 10.0. The van der Waals surface area contributed by atoms with Crippen molar-refractivity contribution < 1.29 is 13.9 Å². The average molecular weight is 277 g/mol. The van der Waals surface area contributed by atoms with Crippen molar-refractivity contribution in [2.45, 2.75) is 50.3 Å². The summed E-state index contributed by atoms with van der Waals surface area (Å²) >= 11 is 0. The Labute approximate surface area is 118 Å². The molecule has 2 saturated heterocycles. The van der Waals surface area contributed by atoms with E-state index < -0.39 is 0 Å². The fraction of sp³-hybridized carbons (Fsp3) is 0.562. The molecule has 0 spiro atoms. The Hall–Kier alpha value is -1.42. The highest BCUT2D eigenvalue weighted by Gasteiger charge is 2.39. The predicted octanol–water partition coefficient (Wildman–Crippen LogP) is 2.54. The van der Waals surface area contributed by atoms with Crippen LogP contribution in [0, 0.1) is 5.82 Å². The van der Waals surface area contributed by atoms with E-state index in [4.69, 9.17) is 4.74 Å². The largest absolute Gasteiger partial charge is 0.462 e. The normalized spacial score (nSPS) is 29.4. The van der Waals surface area contributed by atoms with Crippen LogP contribution in [0.15, 0.2) is 24.3 Å². The number of carbonyl (C=O) groups excluding carboxylic acids is 1. The predicted molar refractivity (Wildman–Crippen MR) is 73.8 cm³/mol. The second kappa shape index (κ2) is 5.52. The van der Waals surface area contributed by atoms with Crippen molar-refractivity contribution >= 4 is 5.97 Å². The van der Waals surface area contributed by atoms with E-state index in [9.17, 15) is 9.18 Å². The molecular weight excluding hydrogens is 257 g/mol. The number of hydrogen-bond acceptors (Lipinski definition) is 3. The molecule has 1 aromatic rings. The number of esters is 1. The minimum Gasteiger partial charge on any atom is -0.462 e. The molecule has 2 bridgehead atoms. The van der Waals surface area contributed by atoms with Gasteiger partial charge in [0.15, 0.2) is 0 Å². The van der Waals surface area contributed by atoms with Gasteiger partial charge in [0.05, 0.1) is 6.42 Å². The summed E-state index contributed by atoms with van der Waals surface area (Å²) in [6.07, 6.45) is 4.46. The second-order valence-corrected chi connectivity index (χ2v) is 5.94. The number of carbonyl (C=O) groups is 1. The van der Waals surface area contributed by atoms with E-state index in [1.165, 1.54) is 25.0 Å². The van der Waals surface area contributed by atoms with Gasteiger partial charge in [-0.1, -0.05) is 12.1 Å². The Morgan fingerprint density at radius 2 is 2.05 bits per heavy atom. The van der Waals surface area contributed by atoms with Gasteiger partial charge in [-0.2, -0.15) is 0 Å². The summed E-state index contributed by atoms with van der Waals surface area (Å²) in [5, 5.41) is 0. The first-order valence-electron chi connectivity index (χ1n) is 7.27. The van der Waals surface area contributed by atoms with Crippen molar-refractivity contribution in [3.63, 3.8) is 0 Å². The van der Waals surface area contributed by atoms with Gasteiger partial charge in [0.2, 0.25) is 0 Å². The zero-order valence-corrected chi connectivity index (χ0v) is 11.7. The number of benzene rings is 1. The van der Waals surface area contributed by atoms with Crippen molar-refractivity contribution in [2.75, 3.05) is 7.05 Å². The van der Waals surface area contributed by atoms with Gasteiger partial charge in [0.1, 0.15) is 11.9 Å². The topological polar surface area (TPSA) is 29.5 Å². The number of halogens is 1. The highest BCUT2D eigenvalue weighted by Crippen LogP contribution is 2.35. The third-order valence-electron chi connectivity index (χ3n) is 4.59. The van der Waals surface area contributed by atoms with E-state index in [-0.39, 0.29) is 24.3 Å². The molecule has 1 unspecified atom stereocenters. The maximum atomic E-state index is 13.1. The quantitative estimate of drug-likeness (QED) is 0.795. The van der Waals surface area contributed by atoms with E-state index in [1.54, 1.807) is 12.1 Å². The molecule has 2 aliphatic heterocycles. The second-order valence-electron chi connectivity index (χ2n) is 5.94. The standard InChI is InChI=1S/C16H20FNO2/c1-18-13-5-6-14(18)10-15(9-13)20-16(19)8-11-3-2-4-12(17)7-11/h2-4,7,13-15H,5-6,8-10H2,1H3/t13-,14+,15?. The summed E-state index contributed by atoms with van der Waals surface area (Å²) in [5.74, 6) is -0.558. The molecule has 3 atom stereocenters. The molecule has 0 saturated carbocycles. The monoisotopic (exact) mass is 277 g/mol. The molecule has 2 heterocycles. The van der Waals surface area contributed by atoms with Crippen LogP contribution in [0.25, 0.3) is 0 Å². The van der Waals surface area contributed by atoms with E-state index >= 15 is 0 Å². The van der Waals surface area contributed by atoms with Crippen LogP contribution in [0.5, 0.6) is 0 Å². The Morgan fingerprint density at radius 3 is 2.70 bits per heavy atom. The van der Waals surface area contributed by atoms with Gasteiger partial charge in [-0.15, -0.1) is 0 Å². The molecule has 0 aromatic heterocycles. The minimum atomic E-state index is -0.312. The number of piperidine rings is 1. The van der Waals surface area contributed by atoms with Gasteiger partial charge in [-0.3, -0.25) is 4.79 Å². The zero-order chi connectivity index (χ0) is 14.1. The number of rotatable bonds is 3. The third kappa shape index (κ3) is 2.85. The third-order valence-corrected chi connectivity index (χ3v) is 4.59. The highest BCUT2D eigenvalue weighted by atomic mass is 19.1. The van der Waals surface area contributed by atoms with E-state index in [2.05, 4.69) is 11.9 Å². The summed E-state index contributed by atoms with van der Waals surface area (Å²) < 4.78 is 18.6. The fourth-order valence-electron chi connectivity index (χ4n) is 3.50. The molecule has 20 heavy (non-hydrogen) atoms. The first-order valence-corrected chi connectivity index (χ1v) is 7.27. The van der Waals surface area contributed by atoms with Crippen molar-refractivity contribution in [3.05, 3.63) is 35.6 Å².